The van der Waals surface area contributed by atoms with Crippen molar-refractivity contribution in [3.63, 3.8) is 0 Å². The Kier molecular flexibility index (Phi) is 4.55. The first kappa shape index (κ1) is 19.6. The van der Waals surface area contributed by atoms with Gasteiger partial charge in [0.25, 0.3) is 5.56 Å². The van der Waals surface area contributed by atoms with Gasteiger partial charge in [-0.05, 0) is 36.8 Å². The SMILES string of the molecule is Cc1cn2c3c(=O)n(C/C=C/c4ccccc4)c(=O)n(C)c3nc2n1-c1ccc(O)cc1. The molecule has 2 aromatic carbocycles. The van der Waals surface area contributed by atoms with Gasteiger partial charge in [-0.25, -0.2) is 4.79 Å². The average molecular weight is 427 g/mol. The highest BCUT2D eigenvalue weighted by Crippen LogP contribution is 2.22. The molecule has 0 amide bonds. The fourth-order valence-corrected chi connectivity index (χ4v) is 3.95. The van der Waals surface area contributed by atoms with Crippen molar-refractivity contribution < 1.29 is 5.11 Å². The Morgan fingerprint density at radius 1 is 1.03 bits per heavy atom. The van der Waals surface area contributed by atoms with Crippen LogP contribution in [0.25, 0.3) is 28.7 Å². The second kappa shape index (κ2) is 7.42. The maximum absolute atomic E-state index is 13.3. The van der Waals surface area contributed by atoms with E-state index in [0.29, 0.717) is 16.9 Å². The fraction of sp³-hybridized carbons (Fsp3) is 0.125. The molecular weight excluding hydrogens is 406 g/mol. The number of phenolic OH excluding ortho intramolecular Hbond substituents is 1. The molecule has 3 heterocycles. The minimum absolute atomic E-state index is 0.154. The summed E-state index contributed by atoms with van der Waals surface area (Å²) in [6.45, 7) is 2.07. The quantitative estimate of drug-likeness (QED) is 0.478. The molecule has 5 rings (SSSR count). The van der Waals surface area contributed by atoms with Crippen molar-refractivity contribution in [2.45, 2.75) is 13.5 Å². The zero-order chi connectivity index (χ0) is 22.4. The molecule has 0 saturated heterocycles. The number of rotatable bonds is 4. The van der Waals surface area contributed by atoms with Crippen LogP contribution in [0.15, 0.2) is 76.5 Å². The molecule has 5 aromatic rings. The van der Waals surface area contributed by atoms with Gasteiger partial charge in [-0.2, -0.15) is 4.98 Å². The summed E-state index contributed by atoms with van der Waals surface area (Å²) < 4.78 is 6.21. The average Bonchev–Trinajstić information content (AvgIpc) is 3.31. The molecule has 0 unspecified atom stereocenters. The van der Waals surface area contributed by atoms with Crippen molar-refractivity contribution in [1.29, 1.82) is 0 Å². The van der Waals surface area contributed by atoms with E-state index in [4.69, 9.17) is 0 Å². The lowest BCUT2D eigenvalue weighted by Crippen LogP contribution is -2.39. The van der Waals surface area contributed by atoms with E-state index in [2.05, 4.69) is 4.98 Å². The molecule has 3 aromatic heterocycles. The van der Waals surface area contributed by atoms with Crippen LogP contribution in [0.4, 0.5) is 0 Å². The Morgan fingerprint density at radius 3 is 2.47 bits per heavy atom. The van der Waals surface area contributed by atoms with Crippen molar-refractivity contribution in [2.24, 2.45) is 7.05 Å². The Hall–Kier alpha value is -4.33. The second-order valence-corrected chi connectivity index (χ2v) is 7.65. The van der Waals surface area contributed by atoms with Crippen LogP contribution < -0.4 is 11.2 Å². The molecule has 0 aliphatic rings. The standard InChI is InChI=1S/C24H21N5O3/c1-16-15-28-20-21(25-23(28)29(16)18-10-12-19(30)13-11-18)26(2)24(32)27(22(20)31)14-6-9-17-7-4-3-5-8-17/h3-13,15,30H,14H2,1-2H3/b9-6+. The first-order valence-corrected chi connectivity index (χ1v) is 10.2. The summed E-state index contributed by atoms with van der Waals surface area (Å²) in [6, 6.07) is 16.4. The van der Waals surface area contributed by atoms with Gasteiger partial charge in [0.05, 0.1) is 0 Å². The number of phenols is 1. The first-order valence-electron chi connectivity index (χ1n) is 10.2. The summed E-state index contributed by atoms with van der Waals surface area (Å²) in [5.74, 6) is 0.685. The van der Waals surface area contributed by atoms with Gasteiger partial charge in [0.2, 0.25) is 5.78 Å². The molecule has 32 heavy (non-hydrogen) atoms. The second-order valence-electron chi connectivity index (χ2n) is 7.65. The molecule has 0 fully saturated rings. The Bertz CT molecular complexity index is 1600. The van der Waals surface area contributed by atoms with E-state index < -0.39 is 11.2 Å². The smallest absolute Gasteiger partial charge is 0.332 e. The molecular formula is C24H21N5O3. The van der Waals surface area contributed by atoms with E-state index in [1.54, 1.807) is 41.8 Å². The summed E-state index contributed by atoms with van der Waals surface area (Å²) >= 11 is 0. The number of imidazole rings is 2. The highest BCUT2D eigenvalue weighted by Gasteiger charge is 2.20. The van der Waals surface area contributed by atoms with Crippen molar-refractivity contribution in [2.75, 3.05) is 0 Å². The molecule has 0 saturated carbocycles. The van der Waals surface area contributed by atoms with E-state index in [0.717, 1.165) is 16.9 Å². The number of nitrogens with zero attached hydrogens (tertiary/aromatic N) is 5. The molecule has 0 atom stereocenters. The van der Waals surface area contributed by atoms with Crippen LogP contribution in [0, 0.1) is 6.92 Å². The zero-order valence-electron chi connectivity index (χ0n) is 17.6. The molecule has 0 spiro atoms. The molecule has 8 heteroatoms. The van der Waals surface area contributed by atoms with Crippen molar-refractivity contribution in [1.82, 2.24) is 23.1 Å². The van der Waals surface area contributed by atoms with Crippen LogP contribution in [-0.4, -0.2) is 28.2 Å². The lowest BCUT2D eigenvalue weighted by molar-refractivity contribution is 0.475. The van der Waals surface area contributed by atoms with Crippen LogP contribution in [0.3, 0.4) is 0 Å². The summed E-state index contributed by atoms with van der Waals surface area (Å²) in [4.78, 5) is 30.9. The van der Waals surface area contributed by atoms with Crippen LogP contribution >= 0.6 is 0 Å². The minimum atomic E-state index is -0.422. The maximum atomic E-state index is 13.3. The fourth-order valence-electron chi connectivity index (χ4n) is 3.95. The summed E-state index contributed by atoms with van der Waals surface area (Å²) in [6.07, 6.45) is 5.51. The van der Waals surface area contributed by atoms with Crippen LogP contribution in [-0.2, 0) is 13.6 Å². The summed E-state index contributed by atoms with van der Waals surface area (Å²) in [7, 11) is 1.62. The highest BCUT2D eigenvalue weighted by atomic mass is 16.3. The first-order chi connectivity index (χ1) is 15.5. The third-order valence-electron chi connectivity index (χ3n) is 5.53. The number of aromatic nitrogens is 5. The van der Waals surface area contributed by atoms with Crippen LogP contribution in [0.1, 0.15) is 11.3 Å². The summed E-state index contributed by atoms with van der Waals surface area (Å²) in [5, 5.41) is 9.61. The van der Waals surface area contributed by atoms with Gasteiger partial charge in [-0.15, -0.1) is 0 Å². The van der Waals surface area contributed by atoms with Gasteiger partial charge >= 0.3 is 5.69 Å². The van der Waals surface area contributed by atoms with Gasteiger partial charge in [0.15, 0.2) is 11.2 Å². The molecule has 0 aliphatic heterocycles. The molecule has 8 nitrogen and oxygen atoms in total. The van der Waals surface area contributed by atoms with Crippen molar-refractivity contribution in [3.8, 4) is 11.4 Å². The van der Waals surface area contributed by atoms with E-state index in [1.807, 2.05) is 54.1 Å². The Labute approximate surface area is 182 Å². The normalized spacial score (nSPS) is 11.8. The molecule has 0 aliphatic carbocycles. The van der Waals surface area contributed by atoms with Crippen LogP contribution in [0.2, 0.25) is 0 Å². The minimum Gasteiger partial charge on any atom is -0.508 e. The lowest BCUT2D eigenvalue weighted by atomic mass is 10.2. The predicted molar refractivity (Wildman–Crippen MR) is 123 cm³/mol. The number of fused-ring (bicyclic) bond motifs is 3. The third-order valence-corrected chi connectivity index (χ3v) is 5.53. The van der Waals surface area contributed by atoms with Gasteiger partial charge in [0, 0.05) is 31.2 Å². The van der Waals surface area contributed by atoms with E-state index in [9.17, 15) is 14.7 Å². The summed E-state index contributed by atoms with van der Waals surface area (Å²) in [5.41, 5.74) is 2.50. The molecule has 160 valence electrons. The highest BCUT2D eigenvalue weighted by molar-refractivity contribution is 5.76. The zero-order valence-corrected chi connectivity index (χ0v) is 17.6. The number of allylic oxidation sites excluding steroid dienone is 1. The molecule has 0 radical (unpaired) electrons. The maximum Gasteiger partial charge on any atom is 0.332 e. The molecule has 1 N–H and O–H groups in total. The topological polar surface area (TPSA) is 86.5 Å². The lowest BCUT2D eigenvalue weighted by Gasteiger charge is -2.06. The Morgan fingerprint density at radius 2 is 1.75 bits per heavy atom. The van der Waals surface area contributed by atoms with Gasteiger partial charge in [-0.3, -0.25) is 22.9 Å². The van der Waals surface area contributed by atoms with E-state index in [-0.39, 0.29) is 12.3 Å². The largest absolute Gasteiger partial charge is 0.508 e. The monoisotopic (exact) mass is 427 g/mol. The third kappa shape index (κ3) is 3.04. The molecule has 0 bridgehead atoms. The number of hydrogen-bond acceptors (Lipinski definition) is 4. The van der Waals surface area contributed by atoms with Crippen molar-refractivity contribution in [3.05, 3.63) is 99.0 Å². The van der Waals surface area contributed by atoms with Crippen molar-refractivity contribution >= 4 is 23.0 Å². The number of aromatic hydroxyl groups is 1. The Balaban J connectivity index is 1.68. The number of aryl methyl sites for hydroxylation is 2. The van der Waals surface area contributed by atoms with Gasteiger partial charge in [-0.1, -0.05) is 42.5 Å². The van der Waals surface area contributed by atoms with E-state index >= 15 is 0 Å². The van der Waals surface area contributed by atoms with Gasteiger partial charge in [0.1, 0.15) is 5.75 Å². The van der Waals surface area contributed by atoms with Gasteiger partial charge < -0.3 is 5.11 Å². The van der Waals surface area contributed by atoms with E-state index in [1.165, 1.54) is 9.13 Å². The van der Waals surface area contributed by atoms with Crippen LogP contribution in [0.5, 0.6) is 5.75 Å². The number of hydrogen-bond donors (Lipinski definition) is 1. The number of benzene rings is 2. The predicted octanol–water partition coefficient (Wildman–Crippen LogP) is 2.87.